The van der Waals surface area contributed by atoms with Crippen molar-refractivity contribution in [3.63, 3.8) is 0 Å². The molecule has 0 rings (SSSR count). The third-order valence-electron chi connectivity index (χ3n) is 2.72. The van der Waals surface area contributed by atoms with Gasteiger partial charge in [-0.15, -0.1) is 5.10 Å². The van der Waals surface area contributed by atoms with E-state index in [0.717, 1.165) is 11.0 Å². The molecule has 0 heterocycles. The highest BCUT2D eigenvalue weighted by atomic mass is 16.5. The molecule has 0 aromatic carbocycles. The zero-order valence-corrected chi connectivity index (χ0v) is 11.5. The van der Waals surface area contributed by atoms with E-state index in [-0.39, 0.29) is 0 Å². The first kappa shape index (κ1) is 16.0. The Morgan fingerprint density at radius 1 is 1.12 bits per heavy atom. The van der Waals surface area contributed by atoms with E-state index >= 15 is 0 Å². The van der Waals surface area contributed by atoms with Gasteiger partial charge in [-0.2, -0.15) is 5.53 Å². The zero-order chi connectivity index (χ0) is 13.0. The zero-order valence-electron chi connectivity index (χ0n) is 11.5. The summed E-state index contributed by atoms with van der Waals surface area (Å²) >= 11 is 0. The number of ether oxygens (including phenoxy) is 1. The number of quaternary nitrogens is 1. The van der Waals surface area contributed by atoms with E-state index in [1.165, 1.54) is 44.9 Å². The molecule has 0 aromatic rings. The van der Waals surface area contributed by atoms with E-state index in [2.05, 4.69) is 31.3 Å². The van der Waals surface area contributed by atoms with Crippen molar-refractivity contribution in [3.8, 4) is 0 Å². The van der Waals surface area contributed by atoms with Crippen molar-refractivity contribution in [2.75, 3.05) is 27.4 Å². The van der Waals surface area contributed by atoms with Crippen molar-refractivity contribution in [3.05, 3.63) is 0 Å². The molecular weight excluding hydrogens is 216 g/mol. The Morgan fingerprint density at radius 2 is 1.76 bits per heavy atom. The number of hydrogen-bond donors (Lipinski definition) is 1. The molecule has 1 N–H and O–H groups in total. The second-order valence-electron chi connectivity index (χ2n) is 5.04. The fourth-order valence-electron chi connectivity index (χ4n) is 1.68. The summed E-state index contributed by atoms with van der Waals surface area (Å²) in [7, 11) is 4.27. The predicted octanol–water partition coefficient (Wildman–Crippen LogP) is 3.37. The third-order valence-corrected chi connectivity index (χ3v) is 2.72. The second kappa shape index (κ2) is 10.2. The molecule has 0 saturated carbocycles. The normalized spacial score (nSPS) is 11.9. The summed E-state index contributed by atoms with van der Waals surface area (Å²) < 4.78 is 6.02. The monoisotopic (exact) mass is 243 g/mol. The van der Waals surface area contributed by atoms with Crippen molar-refractivity contribution in [2.45, 2.75) is 45.4 Å². The summed E-state index contributed by atoms with van der Waals surface area (Å²) in [5.41, 5.74) is 6.47. The van der Waals surface area contributed by atoms with Gasteiger partial charge >= 0.3 is 0 Å². The van der Waals surface area contributed by atoms with Crippen molar-refractivity contribution in [1.29, 1.82) is 5.53 Å². The third kappa shape index (κ3) is 11.3. The van der Waals surface area contributed by atoms with E-state index < -0.39 is 0 Å². The molecule has 100 valence electrons. The average molecular weight is 243 g/mol. The second-order valence-corrected chi connectivity index (χ2v) is 5.04. The van der Waals surface area contributed by atoms with Gasteiger partial charge in [0.05, 0.1) is 20.6 Å². The van der Waals surface area contributed by atoms with E-state index in [4.69, 9.17) is 10.3 Å². The molecule has 5 nitrogen and oxygen atoms in total. The highest BCUT2D eigenvalue weighted by Crippen LogP contribution is 2.08. The van der Waals surface area contributed by atoms with Gasteiger partial charge in [0.15, 0.2) is 0 Å². The van der Waals surface area contributed by atoms with Gasteiger partial charge in [0.2, 0.25) is 13.1 Å². The first-order valence-electron chi connectivity index (χ1n) is 6.44. The quantitative estimate of drug-likeness (QED) is 0.113. The molecule has 0 fully saturated rings. The van der Waals surface area contributed by atoms with Crippen molar-refractivity contribution in [1.82, 2.24) is 0 Å². The minimum Gasteiger partial charge on any atom is -0.433 e. The van der Waals surface area contributed by atoms with Crippen molar-refractivity contribution >= 4 is 6.40 Å². The first-order valence-corrected chi connectivity index (χ1v) is 6.44. The van der Waals surface area contributed by atoms with Crippen molar-refractivity contribution < 1.29 is 9.22 Å². The summed E-state index contributed by atoms with van der Waals surface area (Å²) in [4.78, 5) is 0. The molecule has 0 aromatic heterocycles. The molecule has 0 aliphatic heterocycles. The SMILES string of the molecule is CCCCCCCC[N+](C)(C)CO/C=N/N=N. The molecule has 5 heteroatoms. The summed E-state index contributed by atoms with van der Waals surface area (Å²) in [6, 6.07) is 0. The summed E-state index contributed by atoms with van der Waals surface area (Å²) in [5.74, 6) is 0. The van der Waals surface area contributed by atoms with E-state index in [9.17, 15) is 0 Å². The number of nitrogens with zero attached hydrogens (tertiary/aromatic N) is 3. The summed E-state index contributed by atoms with van der Waals surface area (Å²) in [6.07, 6.45) is 9.13. The lowest BCUT2D eigenvalue weighted by Gasteiger charge is -2.28. The predicted molar refractivity (Wildman–Crippen MR) is 69.9 cm³/mol. The minimum absolute atomic E-state index is 0.577. The van der Waals surface area contributed by atoms with Crippen molar-refractivity contribution in [2.24, 2.45) is 10.3 Å². The Hall–Kier alpha value is -0.970. The van der Waals surface area contributed by atoms with E-state index in [1.807, 2.05) is 0 Å². The van der Waals surface area contributed by atoms with Gasteiger partial charge in [0, 0.05) is 0 Å². The highest BCUT2D eigenvalue weighted by molar-refractivity contribution is 5.45. The van der Waals surface area contributed by atoms with Gasteiger partial charge in [-0.25, -0.2) is 0 Å². The maximum Gasteiger partial charge on any atom is 0.224 e. The first-order chi connectivity index (χ1) is 8.12. The molecule has 0 atom stereocenters. The maximum absolute atomic E-state index is 6.47. The Balaban J connectivity index is 3.49. The van der Waals surface area contributed by atoms with Gasteiger partial charge in [0.25, 0.3) is 0 Å². The van der Waals surface area contributed by atoms with Gasteiger partial charge in [-0.1, -0.05) is 32.6 Å². The minimum atomic E-state index is 0.577. The number of hydrogen-bond acceptors (Lipinski definition) is 3. The molecule has 17 heavy (non-hydrogen) atoms. The Labute approximate surface area is 105 Å². The van der Waals surface area contributed by atoms with Crippen LogP contribution in [0.1, 0.15) is 45.4 Å². The van der Waals surface area contributed by atoms with Gasteiger partial charge in [-0.05, 0) is 18.1 Å². The largest absolute Gasteiger partial charge is 0.433 e. The Kier molecular flexibility index (Phi) is 9.62. The van der Waals surface area contributed by atoms with Crippen LogP contribution in [-0.4, -0.2) is 38.3 Å². The number of unbranched alkanes of at least 4 members (excludes halogenated alkanes) is 5. The van der Waals surface area contributed by atoms with Crippen LogP contribution in [0.4, 0.5) is 0 Å². The highest BCUT2D eigenvalue weighted by Gasteiger charge is 2.13. The van der Waals surface area contributed by atoms with E-state index in [0.29, 0.717) is 6.73 Å². The number of nitrogens with one attached hydrogen (secondary N) is 1. The van der Waals surface area contributed by atoms with Crippen LogP contribution in [0.2, 0.25) is 0 Å². The molecule has 0 radical (unpaired) electrons. The van der Waals surface area contributed by atoms with Crippen LogP contribution in [0.3, 0.4) is 0 Å². The number of rotatable bonds is 11. The van der Waals surface area contributed by atoms with Crippen LogP contribution >= 0.6 is 0 Å². The smallest absolute Gasteiger partial charge is 0.224 e. The molecule has 0 unspecified atom stereocenters. The van der Waals surface area contributed by atoms with E-state index in [1.54, 1.807) is 0 Å². The lowest BCUT2D eigenvalue weighted by atomic mass is 10.1. The van der Waals surface area contributed by atoms with Crippen LogP contribution in [0.25, 0.3) is 0 Å². The lowest BCUT2D eigenvalue weighted by Crippen LogP contribution is -2.42. The van der Waals surface area contributed by atoms with Gasteiger partial charge in [0.1, 0.15) is 0 Å². The average Bonchev–Trinajstić information content (AvgIpc) is 2.29. The standard InChI is InChI=1S/C12H27N4O/c1-4-5-6-7-8-9-10-16(2,3)12-17-11-14-15-13/h11,13H,4-10,12H2,1-3H3/q+1/b14-11+,15-13?. The topological polar surface area (TPSA) is 57.8 Å². The maximum atomic E-state index is 6.47. The van der Waals surface area contributed by atoms with Crippen LogP contribution in [0.15, 0.2) is 10.3 Å². The lowest BCUT2D eigenvalue weighted by molar-refractivity contribution is -0.906. The Morgan fingerprint density at radius 3 is 2.41 bits per heavy atom. The van der Waals surface area contributed by atoms with Crippen LogP contribution in [0, 0.1) is 5.53 Å². The molecule has 0 amide bonds. The molecule has 0 bridgehead atoms. The van der Waals surface area contributed by atoms with Gasteiger partial charge in [-0.3, -0.25) is 4.48 Å². The molecule has 0 aliphatic carbocycles. The fourth-order valence-corrected chi connectivity index (χ4v) is 1.68. The molecule has 0 spiro atoms. The van der Waals surface area contributed by atoms with Crippen LogP contribution in [-0.2, 0) is 4.74 Å². The fraction of sp³-hybridized carbons (Fsp3) is 0.917. The van der Waals surface area contributed by atoms with Gasteiger partial charge < -0.3 is 4.74 Å². The summed E-state index contributed by atoms with van der Waals surface area (Å²) in [6.45, 7) is 3.92. The summed E-state index contributed by atoms with van der Waals surface area (Å²) in [5, 5.41) is 6.19. The molecule has 0 saturated heterocycles. The van der Waals surface area contributed by atoms with Crippen LogP contribution in [0.5, 0.6) is 0 Å². The Bertz CT molecular complexity index is 217. The van der Waals surface area contributed by atoms with Crippen LogP contribution < -0.4 is 0 Å². The molecular formula is C12H27N4O+. The molecule has 0 aliphatic rings.